The van der Waals surface area contributed by atoms with Crippen molar-refractivity contribution in [2.45, 2.75) is 6.92 Å². The molecule has 0 bridgehead atoms. The highest BCUT2D eigenvalue weighted by Crippen LogP contribution is 2.21. The van der Waals surface area contributed by atoms with Crippen LogP contribution < -0.4 is 0 Å². The molecular weight excluding hydrogens is 292 g/mol. The Kier molecular flexibility index (Phi) is 3.89. The van der Waals surface area contributed by atoms with Gasteiger partial charge in [-0.2, -0.15) is 0 Å². The molecule has 1 heterocycles. The standard InChI is InChI=1S/C19H14O4/c1-12-11-17(21)18(19(22)23-12)16(20)10-9-14-7-4-6-13-5-2-3-8-15(13)14/h2-11,18H,1H3/b10-9+/t18-/m0/s1. The van der Waals surface area contributed by atoms with Crippen LogP contribution in [0.1, 0.15) is 12.5 Å². The number of hydrogen-bond donors (Lipinski definition) is 0. The van der Waals surface area contributed by atoms with E-state index in [-0.39, 0.29) is 5.76 Å². The van der Waals surface area contributed by atoms with Gasteiger partial charge >= 0.3 is 5.97 Å². The number of allylic oxidation sites excluding steroid dienone is 3. The molecule has 0 unspecified atom stereocenters. The Morgan fingerprint density at radius 2 is 1.83 bits per heavy atom. The molecule has 0 amide bonds. The number of hydrogen-bond acceptors (Lipinski definition) is 4. The van der Waals surface area contributed by atoms with Crippen molar-refractivity contribution in [3.8, 4) is 0 Å². The maximum Gasteiger partial charge on any atom is 0.329 e. The first-order chi connectivity index (χ1) is 11.1. The zero-order valence-corrected chi connectivity index (χ0v) is 12.5. The molecule has 3 rings (SSSR count). The maximum atomic E-state index is 12.2. The summed E-state index contributed by atoms with van der Waals surface area (Å²) >= 11 is 0. The number of ether oxygens (including phenoxy) is 1. The summed E-state index contributed by atoms with van der Waals surface area (Å²) in [5.74, 6) is -3.11. The summed E-state index contributed by atoms with van der Waals surface area (Å²) in [6.07, 6.45) is 4.06. The van der Waals surface area contributed by atoms with Crippen LogP contribution in [0.25, 0.3) is 16.8 Å². The molecule has 4 heteroatoms. The van der Waals surface area contributed by atoms with Gasteiger partial charge in [0.25, 0.3) is 0 Å². The summed E-state index contributed by atoms with van der Waals surface area (Å²) in [6, 6.07) is 13.5. The molecule has 1 aliphatic heterocycles. The van der Waals surface area contributed by atoms with E-state index in [1.54, 1.807) is 6.08 Å². The predicted octanol–water partition coefficient (Wildman–Crippen LogP) is 3.07. The molecule has 0 radical (unpaired) electrons. The molecule has 0 aromatic heterocycles. The first kappa shape index (κ1) is 14.9. The smallest absolute Gasteiger partial charge is 0.329 e. The van der Waals surface area contributed by atoms with E-state index >= 15 is 0 Å². The van der Waals surface area contributed by atoms with Crippen LogP contribution >= 0.6 is 0 Å². The minimum Gasteiger partial charge on any atom is -0.430 e. The minimum absolute atomic E-state index is 0.210. The van der Waals surface area contributed by atoms with Gasteiger partial charge in [-0.3, -0.25) is 14.4 Å². The van der Waals surface area contributed by atoms with Crippen molar-refractivity contribution < 1.29 is 19.1 Å². The zero-order chi connectivity index (χ0) is 16.4. The Morgan fingerprint density at radius 1 is 1.09 bits per heavy atom. The van der Waals surface area contributed by atoms with E-state index in [1.165, 1.54) is 19.1 Å². The second-order valence-electron chi connectivity index (χ2n) is 5.32. The first-order valence-corrected chi connectivity index (χ1v) is 7.20. The van der Waals surface area contributed by atoms with Gasteiger partial charge in [-0.25, -0.2) is 0 Å². The summed E-state index contributed by atoms with van der Waals surface area (Å²) in [6.45, 7) is 1.50. The maximum absolute atomic E-state index is 12.2. The lowest BCUT2D eigenvalue weighted by Crippen LogP contribution is -2.34. The van der Waals surface area contributed by atoms with Gasteiger partial charge in [0.1, 0.15) is 5.76 Å². The number of ketones is 2. The third kappa shape index (κ3) is 2.97. The number of carbonyl (C=O) groups is 3. The fourth-order valence-corrected chi connectivity index (χ4v) is 2.57. The molecule has 2 aromatic rings. The summed E-state index contributed by atoms with van der Waals surface area (Å²) < 4.78 is 4.86. The number of fused-ring (bicyclic) bond motifs is 1. The van der Waals surface area contributed by atoms with Gasteiger partial charge in [-0.15, -0.1) is 0 Å². The van der Waals surface area contributed by atoms with Crippen LogP contribution in [-0.2, 0) is 19.1 Å². The van der Waals surface area contributed by atoms with Crippen molar-refractivity contribution in [1.29, 1.82) is 0 Å². The Bertz CT molecular complexity index is 869. The highest BCUT2D eigenvalue weighted by molar-refractivity contribution is 6.25. The molecule has 114 valence electrons. The molecule has 0 spiro atoms. The van der Waals surface area contributed by atoms with Gasteiger partial charge in [-0.05, 0) is 29.3 Å². The molecule has 0 fully saturated rings. The second-order valence-corrected chi connectivity index (χ2v) is 5.32. The molecule has 0 saturated heterocycles. The molecule has 4 nitrogen and oxygen atoms in total. The van der Waals surface area contributed by atoms with Crippen LogP contribution in [0, 0.1) is 5.92 Å². The van der Waals surface area contributed by atoms with Crippen LogP contribution in [0.3, 0.4) is 0 Å². The average Bonchev–Trinajstić information content (AvgIpc) is 2.52. The van der Waals surface area contributed by atoms with Gasteiger partial charge < -0.3 is 4.74 Å². The number of carbonyl (C=O) groups excluding carboxylic acids is 3. The molecule has 23 heavy (non-hydrogen) atoms. The van der Waals surface area contributed by atoms with Crippen LogP contribution in [0.5, 0.6) is 0 Å². The molecule has 0 N–H and O–H groups in total. The summed E-state index contributed by atoms with van der Waals surface area (Å²) in [5, 5.41) is 2.04. The van der Waals surface area contributed by atoms with Crippen LogP contribution in [0.2, 0.25) is 0 Å². The molecule has 0 saturated carbocycles. The average molecular weight is 306 g/mol. The van der Waals surface area contributed by atoms with Crippen molar-refractivity contribution in [3.63, 3.8) is 0 Å². The quantitative estimate of drug-likeness (QED) is 0.497. The summed E-state index contributed by atoms with van der Waals surface area (Å²) in [4.78, 5) is 35.8. The number of benzene rings is 2. The van der Waals surface area contributed by atoms with Crippen molar-refractivity contribution in [3.05, 3.63) is 65.9 Å². The Balaban J connectivity index is 1.89. The molecule has 0 aliphatic carbocycles. The van der Waals surface area contributed by atoms with Gasteiger partial charge in [0.15, 0.2) is 17.5 Å². The number of rotatable bonds is 3. The van der Waals surface area contributed by atoms with Crippen LogP contribution in [0.15, 0.2) is 60.4 Å². The van der Waals surface area contributed by atoms with E-state index in [9.17, 15) is 14.4 Å². The van der Waals surface area contributed by atoms with E-state index in [1.807, 2.05) is 42.5 Å². The number of esters is 1. The fraction of sp³-hybridized carbons (Fsp3) is 0.105. The van der Waals surface area contributed by atoms with Gasteiger partial charge in [-0.1, -0.05) is 48.5 Å². The summed E-state index contributed by atoms with van der Waals surface area (Å²) in [7, 11) is 0. The first-order valence-electron chi connectivity index (χ1n) is 7.20. The van der Waals surface area contributed by atoms with Crippen molar-refractivity contribution >= 4 is 34.4 Å². The monoisotopic (exact) mass is 306 g/mol. The van der Waals surface area contributed by atoms with Gasteiger partial charge in [0.05, 0.1) is 0 Å². The Morgan fingerprint density at radius 3 is 2.61 bits per heavy atom. The van der Waals surface area contributed by atoms with Crippen molar-refractivity contribution in [1.82, 2.24) is 0 Å². The highest BCUT2D eigenvalue weighted by Gasteiger charge is 2.36. The van der Waals surface area contributed by atoms with Gasteiger partial charge in [0, 0.05) is 6.08 Å². The molecule has 1 atom stereocenters. The fourth-order valence-electron chi connectivity index (χ4n) is 2.57. The SMILES string of the molecule is CC1=CC(=O)[C@H](C(=O)/C=C/c2cccc3ccccc23)C(=O)O1. The topological polar surface area (TPSA) is 60.4 Å². The van der Waals surface area contributed by atoms with E-state index in [0.717, 1.165) is 16.3 Å². The predicted molar refractivity (Wildman–Crippen MR) is 86.3 cm³/mol. The third-order valence-corrected chi connectivity index (χ3v) is 3.66. The molecule has 2 aromatic carbocycles. The van der Waals surface area contributed by atoms with E-state index in [0.29, 0.717) is 0 Å². The second kappa shape index (κ2) is 6.01. The lowest BCUT2D eigenvalue weighted by atomic mass is 9.95. The van der Waals surface area contributed by atoms with Crippen LogP contribution in [0.4, 0.5) is 0 Å². The highest BCUT2D eigenvalue weighted by atomic mass is 16.5. The number of cyclic esters (lactones) is 1. The third-order valence-electron chi connectivity index (χ3n) is 3.66. The van der Waals surface area contributed by atoms with E-state index in [2.05, 4.69) is 0 Å². The summed E-state index contributed by atoms with van der Waals surface area (Å²) in [5.41, 5.74) is 0.847. The lowest BCUT2D eigenvalue weighted by Gasteiger charge is -2.15. The van der Waals surface area contributed by atoms with Crippen molar-refractivity contribution in [2.75, 3.05) is 0 Å². The lowest BCUT2D eigenvalue weighted by molar-refractivity contribution is -0.151. The largest absolute Gasteiger partial charge is 0.430 e. The van der Waals surface area contributed by atoms with Gasteiger partial charge in [0.2, 0.25) is 0 Å². The van der Waals surface area contributed by atoms with Crippen LogP contribution in [-0.4, -0.2) is 17.5 Å². The molecular formula is C19H14O4. The Hall–Kier alpha value is -3.01. The van der Waals surface area contributed by atoms with Crippen molar-refractivity contribution in [2.24, 2.45) is 5.92 Å². The normalized spacial score (nSPS) is 18.1. The minimum atomic E-state index is -1.40. The van der Waals surface area contributed by atoms with E-state index in [4.69, 9.17) is 4.74 Å². The molecule has 1 aliphatic rings. The Labute approximate surface area is 133 Å². The van der Waals surface area contributed by atoms with E-state index < -0.39 is 23.5 Å². The zero-order valence-electron chi connectivity index (χ0n) is 12.5.